The second-order valence-electron chi connectivity index (χ2n) is 8.87. The fourth-order valence-electron chi connectivity index (χ4n) is 4.27. The van der Waals surface area contributed by atoms with Crippen LogP contribution >= 0.6 is 11.3 Å². The third-order valence-electron chi connectivity index (χ3n) is 6.23. The molecule has 174 valence electrons. The normalized spacial score (nSPS) is 13.8. The summed E-state index contributed by atoms with van der Waals surface area (Å²) in [5.74, 6) is 1.02. The SMILES string of the molecule is Cc1ccc(CNC(=O)c2cc(CN(Cc3cccs3)C(=O)CCC3CCCC3)on2)cc1. The lowest BCUT2D eigenvalue weighted by molar-refractivity contribution is -0.133. The number of aromatic nitrogens is 1. The molecule has 6 nitrogen and oxygen atoms in total. The van der Waals surface area contributed by atoms with Crippen molar-refractivity contribution in [2.24, 2.45) is 5.92 Å². The van der Waals surface area contributed by atoms with E-state index in [0.717, 1.165) is 16.9 Å². The highest BCUT2D eigenvalue weighted by Gasteiger charge is 2.22. The van der Waals surface area contributed by atoms with E-state index in [1.54, 1.807) is 17.4 Å². The number of aryl methyl sites for hydroxylation is 1. The Balaban J connectivity index is 1.35. The molecule has 0 spiro atoms. The first-order valence-electron chi connectivity index (χ1n) is 11.7. The van der Waals surface area contributed by atoms with E-state index < -0.39 is 0 Å². The summed E-state index contributed by atoms with van der Waals surface area (Å²) in [6.07, 6.45) is 6.54. The molecular formula is C26H31N3O3S. The summed E-state index contributed by atoms with van der Waals surface area (Å²) in [5.41, 5.74) is 2.43. The minimum atomic E-state index is -0.289. The van der Waals surface area contributed by atoms with Gasteiger partial charge >= 0.3 is 0 Å². The monoisotopic (exact) mass is 465 g/mol. The first-order valence-corrected chi connectivity index (χ1v) is 12.5. The zero-order chi connectivity index (χ0) is 23.0. The van der Waals surface area contributed by atoms with Crippen LogP contribution in [0.5, 0.6) is 0 Å². The van der Waals surface area contributed by atoms with E-state index in [0.29, 0.717) is 37.7 Å². The Morgan fingerprint density at radius 1 is 1.15 bits per heavy atom. The molecule has 0 radical (unpaired) electrons. The Labute approximate surface area is 199 Å². The van der Waals surface area contributed by atoms with Gasteiger partial charge in [0.05, 0.1) is 13.1 Å². The van der Waals surface area contributed by atoms with Crippen LogP contribution in [-0.4, -0.2) is 21.9 Å². The van der Waals surface area contributed by atoms with Crippen molar-refractivity contribution in [3.8, 4) is 0 Å². The van der Waals surface area contributed by atoms with Crippen molar-refractivity contribution < 1.29 is 14.1 Å². The molecule has 2 aromatic heterocycles. The molecule has 1 N–H and O–H groups in total. The van der Waals surface area contributed by atoms with Crippen LogP contribution in [0.3, 0.4) is 0 Å². The molecule has 2 amide bonds. The highest BCUT2D eigenvalue weighted by Crippen LogP contribution is 2.29. The first kappa shape index (κ1) is 23.2. The number of carbonyl (C=O) groups excluding carboxylic acids is 2. The van der Waals surface area contributed by atoms with E-state index in [9.17, 15) is 9.59 Å². The Hall–Kier alpha value is -2.93. The van der Waals surface area contributed by atoms with Gasteiger partial charge in [-0.1, -0.05) is 66.7 Å². The van der Waals surface area contributed by atoms with Gasteiger partial charge < -0.3 is 14.7 Å². The van der Waals surface area contributed by atoms with Gasteiger partial charge in [0.2, 0.25) is 5.91 Å². The molecule has 0 bridgehead atoms. The Bertz CT molecular complexity index is 1040. The molecule has 0 saturated heterocycles. The molecule has 33 heavy (non-hydrogen) atoms. The van der Waals surface area contributed by atoms with Gasteiger partial charge in [-0.15, -0.1) is 11.3 Å². The van der Waals surface area contributed by atoms with E-state index >= 15 is 0 Å². The quantitative estimate of drug-likeness (QED) is 0.431. The molecule has 0 atom stereocenters. The summed E-state index contributed by atoms with van der Waals surface area (Å²) in [6, 6.07) is 13.7. The van der Waals surface area contributed by atoms with Crippen LogP contribution in [0.2, 0.25) is 0 Å². The van der Waals surface area contributed by atoms with Gasteiger partial charge in [0, 0.05) is 23.9 Å². The summed E-state index contributed by atoms with van der Waals surface area (Å²) in [7, 11) is 0. The topological polar surface area (TPSA) is 75.4 Å². The maximum atomic E-state index is 13.0. The van der Waals surface area contributed by atoms with E-state index in [2.05, 4.69) is 10.5 Å². The van der Waals surface area contributed by atoms with Crippen LogP contribution in [0.15, 0.2) is 52.4 Å². The van der Waals surface area contributed by atoms with Crippen molar-refractivity contribution >= 4 is 23.2 Å². The number of amides is 2. The number of thiophene rings is 1. The second kappa shape index (κ2) is 11.3. The first-order chi connectivity index (χ1) is 16.1. The Morgan fingerprint density at radius 3 is 2.67 bits per heavy atom. The van der Waals surface area contributed by atoms with Crippen molar-refractivity contribution in [3.05, 3.63) is 75.3 Å². The smallest absolute Gasteiger partial charge is 0.273 e. The largest absolute Gasteiger partial charge is 0.359 e. The molecule has 4 rings (SSSR count). The number of nitrogens with zero attached hydrogens (tertiary/aromatic N) is 2. The van der Waals surface area contributed by atoms with Crippen molar-refractivity contribution in [1.29, 1.82) is 0 Å². The summed E-state index contributed by atoms with van der Waals surface area (Å²) < 4.78 is 5.43. The number of hydrogen-bond donors (Lipinski definition) is 1. The minimum Gasteiger partial charge on any atom is -0.359 e. The number of nitrogens with one attached hydrogen (secondary N) is 1. The van der Waals surface area contributed by atoms with Gasteiger partial charge in [-0.05, 0) is 36.3 Å². The van der Waals surface area contributed by atoms with Crippen LogP contribution < -0.4 is 5.32 Å². The molecule has 1 aromatic carbocycles. The van der Waals surface area contributed by atoms with E-state index in [4.69, 9.17) is 4.52 Å². The summed E-state index contributed by atoms with van der Waals surface area (Å²) >= 11 is 1.63. The molecular weight excluding hydrogens is 434 g/mol. The van der Waals surface area contributed by atoms with E-state index in [-0.39, 0.29) is 17.5 Å². The molecule has 0 aliphatic heterocycles. The molecule has 1 aliphatic rings. The number of carbonyl (C=O) groups is 2. The summed E-state index contributed by atoms with van der Waals surface area (Å²) in [4.78, 5) is 28.5. The van der Waals surface area contributed by atoms with Gasteiger partial charge in [0.1, 0.15) is 0 Å². The third-order valence-corrected chi connectivity index (χ3v) is 7.09. The summed E-state index contributed by atoms with van der Waals surface area (Å²) in [6.45, 7) is 3.29. The molecule has 1 fully saturated rings. The van der Waals surface area contributed by atoms with Gasteiger partial charge in [-0.25, -0.2) is 0 Å². The predicted molar refractivity (Wildman–Crippen MR) is 129 cm³/mol. The van der Waals surface area contributed by atoms with Crippen LogP contribution in [0.4, 0.5) is 0 Å². The average Bonchev–Trinajstić information content (AvgIpc) is 3.60. The average molecular weight is 466 g/mol. The predicted octanol–water partition coefficient (Wildman–Crippen LogP) is 5.47. The number of hydrogen-bond acceptors (Lipinski definition) is 5. The fraction of sp³-hybridized carbons (Fsp3) is 0.423. The molecule has 1 aliphatic carbocycles. The maximum Gasteiger partial charge on any atom is 0.273 e. The second-order valence-corrected chi connectivity index (χ2v) is 9.90. The fourth-order valence-corrected chi connectivity index (χ4v) is 4.99. The molecule has 2 heterocycles. The highest BCUT2D eigenvalue weighted by atomic mass is 32.1. The highest BCUT2D eigenvalue weighted by molar-refractivity contribution is 7.09. The number of benzene rings is 1. The zero-order valence-electron chi connectivity index (χ0n) is 19.1. The van der Waals surface area contributed by atoms with Crippen molar-refractivity contribution in [2.45, 2.75) is 65.1 Å². The van der Waals surface area contributed by atoms with Gasteiger partial charge in [-0.2, -0.15) is 0 Å². The van der Waals surface area contributed by atoms with Crippen LogP contribution in [0, 0.1) is 12.8 Å². The minimum absolute atomic E-state index is 0.122. The van der Waals surface area contributed by atoms with Crippen molar-refractivity contribution in [2.75, 3.05) is 0 Å². The maximum absolute atomic E-state index is 13.0. The molecule has 7 heteroatoms. The van der Waals surface area contributed by atoms with Gasteiger partial charge in [0.15, 0.2) is 11.5 Å². The number of rotatable bonds is 10. The van der Waals surface area contributed by atoms with Crippen LogP contribution in [0.1, 0.15) is 70.8 Å². The molecule has 0 unspecified atom stereocenters. The lowest BCUT2D eigenvalue weighted by Crippen LogP contribution is -2.29. The zero-order valence-corrected chi connectivity index (χ0v) is 19.9. The van der Waals surface area contributed by atoms with Gasteiger partial charge in [-0.3, -0.25) is 9.59 Å². The van der Waals surface area contributed by atoms with Crippen molar-refractivity contribution in [3.63, 3.8) is 0 Å². The molecule has 3 aromatic rings. The molecule has 1 saturated carbocycles. The third kappa shape index (κ3) is 6.78. The summed E-state index contributed by atoms with van der Waals surface area (Å²) in [5, 5.41) is 8.83. The lowest BCUT2D eigenvalue weighted by Gasteiger charge is -2.21. The Morgan fingerprint density at radius 2 is 1.94 bits per heavy atom. The van der Waals surface area contributed by atoms with Gasteiger partial charge in [0.25, 0.3) is 5.91 Å². The van der Waals surface area contributed by atoms with Crippen molar-refractivity contribution in [1.82, 2.24) is 15.4 Å². The standard InChI is InChI=1S/C26H31N3O3S/c1-19-8-10-21(11-9-19)16-27-26(31)24-15-22(32-28-24)17-29(18-23-7-4-14-33-23)25(30)13-12-20-5-2-3-6-20/h4,7-11,14-15,20H,2-3,5-6,12-13,16-18H2,1H3,(H,27,31). The van der Waals surface area contributed by atoms with Crippen LogP contribution in [0.25, 0.3) is 0 Å². The van der Waals surface area contributed by atoms with E-state index in [1.807, 2.05) is 53.6 Å². The van der Waals surface area contributed by atoms with E-state index in [1.165, 1.54) is 31.2 Å². The lowest BCUT2D eigenvalue weighted by atomic mass is 10.0. The Kier molecular flexibility index (Phi) is 7.94. The van der Waals surface area contributed by atoms with Crippen LogP contribution in [-0.2, 0) is 24.4 Å².